The van der Waals surface area contributed by atoms with Crippen LogP contribution in [0.25, 0.3) is 0 Å². The quantitative estimate of drug-likeness (QED) is 0.260. The third kappa shape index (κ3) is 7.24. The predicted octanol–water partition coefficient (Wildman–Crippen LogP) is 1.78. The highest BCUT2D eigenvalue weighted by Gasteiger charge is 2.06. The zero-order valence-electron chi connectivity index (χ0n) is 15.1. The van der Waals surface area contributed by atoms with Crippen LogP contribution in [0.1, 0.15) is 28.0 Å². The minimum absolute atomic E-state index is 0. The topological polar surface area (TPSA) is 89.2 Å². The maximum absolute atomic E-state index is 5.07. The van der Waals surface area contributed by atoms with Gasteiger partial charge in [-0.3, -0.25) is 0 Å². The lowest BCUT2D eigenvalue weighted by atomic mass is 10.4. The van der Waals surface area contributed by atoms with E-state index in [-0.39, 0.29) is 24.0 Å². The number of guanidine groups is 1. The highest BCUT2D eigenvalue weighted by atomic mass is 127. The van der Waals surface area contributed by atoms with E-state index in [9.17, 15) is 0 Å². The molecule has 2 aromatic rings. The first kappa shape index (κ1) is 21.8. The number of hydrogen-bond donors (Lipinski definition) is 2. The number of aromatic nitrogens is 4. The van der Waals surface area contributed by atoms with Gasteiger partial charge in [0.05, 0.1) is 6.54 Å². The number of hydrogen-bond acceptors (Lipinski definition) is 6. The van der Waals surface area contributed by atoms with E-state index in [2.05, 4.69) is 37.7 Å². The van der Waals surface area contributed by atoms with E-state index in [1.807, 2.05) is 24.7 Å². The van der Waals surface area contributed by atoms with Crippen LogP contribution >= 0.6 is 35.3 Å². The molecule has 10 heteroatoms. The number of ether oxygens (including phenoxy) is 1. The fraction of sp³-hybridized carbons (Fsp3) is 0.600. The standard InChI is InChI=1S/C15H25N7OS.HI/c1-11-8-17-14(24-11)10-19-15(16-6-5-7-23-4)18-9-13-21-20-12(2)22(13)3;/h8H,5-7,9-10H2,1-4H3,(H2,16,18,19);1H. The molecular formula is C15H26IN7OS. The molecule has 140 valence electrons. The van der Waals surface area contributed by atoms with Gasteiger partial charge in [-0.2, -0.15) is 0 Å². The molecule has 0 amide bonds. The Morgan fingerprint density at radius 2 is 2.12 bits per heavy atom. The lowest BCUT2D eigenvalue weighted by molar-refractivity contribution is 0.195. The molecule has 0 radical (unpaired) electrons. The molecule has 0 aliphatic heterocycles. The second-order valence-corrected chi connectivity index (χ2v) is 6.70. The minimum atomic E-state index is 0. The maximum atomic E-state index is 5.07. The van der Waals surface area contributed by atoms with Crippen LogP contribution in [0.3, 0.4) is 0 Å². The highest BCUT2D eigenvalue weighted by Crippen LogP contribution is 2.10. The molecule has 25 heavy (non-hydrogen) atoms. The summed E-state index contributed by atoms with van der Waals surface area (Å²) < 4.78 is 7.01. The number of nitrogens with zero attached hydrogens (tertiary/aromatic N) is 5. The van der Waals surface area contributed by atoms with E-state index < -0.39 is 0 Å². The summed E-state index contributed by atoms with van der Waals surface area (Å²) in [5.41, 5.74) is 0. The molecule has 0 saturated heterocycles. The van der Waals surface area contributed by atoms with Crippen LogP contribution < -0.4 is 10.6 Å². The predicted molar refractivity (Wildman–Crippen MR) is 110 cm³/mol. The number of aliphatic imine (C=N–C) groups is 1. The summed E-state index contributed by atoms with van der Waals surface area (Å²) in [6.45, 7) is 6.59. The Bertz CT molecular complexity index is 671. The molecule has 0 aromatic carbocycles. The van der Waals surface area contributed by atoms with Gasteiger partial charge >= 0.3 is 0 Å². The molecule has 0 saturated carbocycles. The van der Waals surface area contributed by atoms with Gasteiger partial charge in [0.2, 0.25) is 0 Å². The van der Waals surface area contributed by atoms with Crippen LogP contribution in [0, 0.1) is 13.8 Å². The van der Waals surface area contributed by atoms with Gasteiger partial charge in [0.15, 0.2) is 11.8 Å². The van der Waals surface area contributed by atoms with Gasteiger partial charge in [0.1, 0.15) is 17.4 Å². The van der Waals surface area contributed by atoms with Gasteiger partial charge < -0.3 is 19.9 Å². The summed E-state index contributed by atoms with van der Waals surface area (Å²) in [5.74, 6) is 2.44. The van der Waals surface area contributed by atoms with E-state index in [0.717, 1.165) is 35.6 Å². The normalized spacial score (nSPS) is 11.3. The maximum Gasteiger partial charge on any atom is 0.192 e. The third-order valence-corrected chi connectivity index (χ3v) is 4.37. The summed E-state index contributed by atoms with van der Waals surface area (Å²) in [6.07, 6.45) is 2.80. The smallest absolute Gasteiger partial charge is 0.192 e. The van der Waals surface area contributed by atoms with Crippen LogP contribution in [0.2, 0.25) is 0 Å². The molecule has 0 aliphatic rings. The number of aryl methyl sites for hydroxylation is 2. The first-order chi connectivity index (χ1) is 11.6. The number of thiazole rings is 1. The lowest BCUT2D eigenvalue weighted by Gasteiger charge is -2.11. The molecule has 2 heterocycles. The lowest BCUT2D eigenvalue weighted by Crippen LogP contribution is -2.37. The number of halogens is 1. The summed E-state index contributed by atoms with van der Waals surface area (Å²) in [4.78, 5) is 10.2. The first-order valence-electron chi connectivity index (χ1n) is 7.87. The van der Waals surface area contributed by atoms with E-state index >= 15 is 0 Å². The van der Waals surface area contributed by atoms with Crippen molar-refractivity contribution >= 4 is 41.3 Å². The van der Waals surface area contributed by atoms with E-state index in [0.29, 0.717) is 19.7 Å². The zero-order chi connectivity index (χ0) is 17.4. The van der Waals surface area contributed by atoms with Crippen LogP contribution in [0.5, 0.6) is 0 Å². The molecule has 0 fully saturated rings. The molecule has 2 rings (SSSR count). The SMILES string of the molecule is COCCCNC(=NCc1nnc(C)n1C)NCc1ncc(C)s1.I. The van der Waals surface area contributed by atoms with Gasteiger partial charge in [-0.05, 0) is 20.3 Å². The van der Waals surface area contributed by atoms with Crippen molar-refractivity contribution in [2.75, 3.05) is 20.3 Å². The van der Waals surface area contributed by atoms with Gasteiger partial charge in [-0.1, -0.05) is 0 Å². The van der Waals surface area contributed by atoms with Crippen molar-refractivity contribution in [2.24, 2.45) is 12.0 Å². The molecule has 8 nitrogen and oxygen atoms in total. The van der Waals surface area contributed by atoms with Gasteiger partial charge in [-0.15, -0.1) is 45.5 Å². The Morgan fingerprint density at radius 1 is 1.32 bits per heavy atom. The highest BCUT2D eigenvalue weighted by molar-refractivity contribution is 14.0. The van der Waals surface area contributed by atoms with Crippen molar-refractivity contribution in [1.29, 1.82) is 0 Å². The Kier molecular flexibility index (Phi) is 9.90. The number of methoxy groups -OCH3 is 1. The fourth-order valence-electron chi connectivity index (χ4n) is 1.98. The monoisotopic (exact) mass is 479 g/mol. The fourth-order valence-corrected chi connectivity index (χ4v) is 2.71. The molecule has 0 unspecified atom stereocenters. The van der Waals surface area contributed by atoms with Crippen molar-refractivity contribution < 1.29 is 4.74 Å². The van der Waals surface area contributed by atoms with Gasteiger partial charge in [0.25, 0.3) is 0 Å². The third-order valence-electron chi connectivity index (χ3n) is 3.46. The molecule has 2 aromatic heterocycles. The Hall–Kier alpha value is -1.27. The van der Waals surface area contributed by atoms with Crippen LogP contribution in [0.4, 0.5) is 0 Å². The number of rotatable bonds is 8. The van der Waals surface area contributed by atoms with Crippen molar-refractivity contribution in [3.8, 4) is 0 Å². The molecule has 0 atom stereocenters. The van der Waals surface area contributed by atoms with E-state index in [1.165, 1.54) is 4.88 Å². The molecule has 0 bridgehead atoms. The summed E-state index contributed by atoms with van der Waals surface area (Å²) in [5, 5.41) is 15.8. The molecular weight excluding hydrogens is 453 g/mol. The largest absolute Gasteiger partial charge is 0.385 e. The van der Waals surface area contributed by atoms with Crippen LogP contribution in [0.15, 0.2) is 11.2 Å². The summed E-state index contributed by atoms with van der Waals surface area (Å²) in [6, 6.07) is 0. The Balaban J connectivity index is 0.00000312. The summed E-state index contributed by atoms with van der Waals surface area (Å²) in [7, 11) is 3.64. The van der Waals surface area contributed by atoms with Gasteiger partial charge in [0, 0.05) is 38.4 Å². The van der Waals surface area contributed by atoms with Crippen molar-refractivity contribution in [3.05, 3.63) is 27.7 Å². The molecule has 2 N–H and O–H groups in total. The second kappa shape index (κ2) is 11.4. The van der Waals surface area contributed by atoms with Crippen LogP contribution in [-0.2, 0) is 24.9 Å². The van der Waals surface area contributed by atoms with Crippen molar-refractivity contribution in [2.45, 2.75) is 33.4 Å². The van der Waals surface area contributed by atoms with Crippen molar-refractivity contribution in [3.63, 3.8) is 0 Å². The van der Waals surface area contributed by atoms with Crippen molar-refractivity contribution in [1.82, 2.24) is 30.4 Å². The molecule has 0 spiro atoms. The average molecular weight is 479 g/mol. The van der Waals surface area contributed by atoms with E-state index in [1.54, 1.807) is 18.4 Å². The summed E-state index contributed by atoms with van der Waals surface area (Å²) >= 11 is 1.68. The van der Waals surface area contributed by atoms with E-state index in [4.69, 9.17) is 4.74 Å². The van der Waals surface area contributed by atoms with Gasteiger partial charge in [-0.25, -0.2) is 9.98 Å². The zero-order valence-corrected chi connectivity index (χ0v) is 18.2. The first-order valence-corrected chi connectivity index (χ1v) is 8.69. The average Bonchev–Trinajstić information content (AvgIpc) is 3.13. The molecule has 0 aliphatic carbocycles. The number of nitrogens with one attached hydrogen (secondary N) is 2. The Morgan fingerprint density at radius 3 is 2.72 bits per heavy atom. The second-order valence-electron chi connectivity index (χ2n) is 5.38. The Labute approximate surface area is 169 Å². The minimum Gasteiger partial charge on any atom is -0.385 e. The van der Waals surface area contributed by atoms with Crippen LogP contribution in [-0.4, -0.2) is 46.0 Å².